The summed E-state index contributed by atoms with van der Waals surface area (Å²) < 4.78 is 31.9. The van der Waals surface area contributed by atoms with Crippen molar-refractivity contribution < 1.29 is 44.1 Å². The molecule has 0 saturated carbocycles. The van der Waals surface area contributed by atoms with E-state index in [4.69, 9.17) is 4.55 Å². The minimum Gasteiger partial charge on any atom is -1.00 e. The van der Waals surface area contributed by atoms with E-state index >= 15 is 0 Å². The molecule has 13 heavy (non-hydrogen) atoms. The first-order chi connectivity index (χ1) is 5.47. The maximum absolute atomic E-state index is 12.4. The molecular formula is C7H8FNaO2S2. The van der Waals surface area contributed by atoms with Crippen molar-refractivity contribution in [1.29, 1.82) is 0 Å². The van der Waals surface area contributed by atoms with Gasteiger partial charge in [0.25, 0.3) is 0 Å². The predicted molar refractivity (Wildman–Crippen MR) is 49.4 cm³/mol. The number of hydrogen-bond donors (Lipinski definition) is 1. The largest absolute Gasteiger partial charge is 1.00 e. The second-order valence-electron chi connectivity index (χ2n) is 2.35. The Morgan fingerprint density at radius 2 is 1.92 bits per heavy atom. The van der Waals surface area contributed by atoms with Crippen LogP contribution in [0.15, 0.2) is 24.3 Å². The Labute approximate surface area is 105 Å². The van der Waals surface area contributed by atoms with Gasteiger partial charge < -0.3 is 5.98 Å². The van der Waals surface area contributed by atoms with E-state index in [1.54, 1.807) is 0 Å². The number of hydrogen-bond acceptors (Lipinski definition) is 2. The van der Waals surface area contributed by atoms with Gasteiger partial charge in [-0.2, -0.15) is 0 Å². The monoisotopic (exact) mass is 230 g/mol. The summed E-state index contributed by atoms with van der Waals surface area (Å²) in [5.41, 5.74) is 0.568. The smallest absolute Gasteiger partial charge is 1.00 e. The Hall–Kier alpha value is 0.480. The fraction of sp³-hybridized carbons (Fsp3) is 0.143. The molecule has 0 fully saturated rings. The molecule has 1 rings (SSSR count). The molecule has 1 aromatic carbocycles. The van der Waals surface area contributed by atoms with Gasteiger partial charge in [0.2, 0.25) is 0 Å². The summed E-state index contributed by atoms with van der Waals surface area (Å²) in [6.07, 6.45) is 0. The Bertz CT molecular complexity index is 366. The van der Waals surface area contributed by atoms with Crippen molar-refractivity contribution in [1.82, 2.24) is 0 Å². The molecule has 1 N–H and O–H groups in total. The van der Waals surface area contributed by atoms with E-state index < -0.39 is 8.77 Å². The van der Waals surface area contributed by atoms with Crippen molar-refractivity contribution in [2.75, 3.05) is 0 Å². The summed E-state index contributed by atoms with van der Waals surface area (Å²) in [5, 5.41) is 0. The first kappa shape index (κ1) is 13.5. The molecule has 0 saturated heterocycles. The van der Waals surface area contributed by atoms with Crippen molar-refractivity contribution in [2.24, 2.45) is 0 Å². The predicted octanol–water partition coefficient (Wildman–Crippen LogP) is -1.34. The number of benzene rings is 1. The van der Waals surface area contributed by atoms with Crippen LogP contribution in [0.5, 0.6) is 0 Å². The zero-order valence-corrected chi connectivity index (χ0v) is 10.7. The molecule has 1 unspecified atom stereocenters. The van der Waals surface area contributed by atoms with Crippen LogP contribution in [0.1, 0.15) is 6.99 Å². The summed E-state index contributed by atoms with van der Waals surface area (Å²) in [7, 11) is -3.18. The third kappa shape index (κ3) is 5.72. The molecule has 0 aromatic heterocycles. The third-order valence-electron chi connectivity index (χ3n) is 1.26. The van der Waals surface area contributed by atoms with Gasteiger partial charge in [-0.1, -0.05) is 12.1 Å². The Morgan fingerprint density at radius 3 is 2.31 bits per heavy atom. The van der Waals surface area contributed by atoms with Crippen molar-refractivity contribution in [3.05, 3.63) is 35.6 Å². The number of rotatable bonds is 2. The van der Waals surface area contributed by atoms with Gasteiger partial charge in [-0.05, 0) is 17.7 Å². The summed E-state index contributed by atoms with van der Waals surface area (Å²) >= 11 is 4.29. The van der Waals surface area contributed by atoms with Crippen molar-refractivity contribution >= 4 is 20.0 Å². The molecule has 0 aliphatic heterocycles. The van der Waals surface area contributed by atoms with Crippen LogP contribution in [0, 0.1) is 5.82 Å². The molecule has 0 heterocycles. The molecule has 1 atom stereocenters. The number of halogens is 1. The molecule has 0 aliphatic rings. The normalized spacial score (nSPS) is 14.3. The van der Waals surface area contributed by atoms with Crippen LogP contribution in [-0.4, -0.2) is 8.76 Å². The Balaban J connectivity index is 0. The molecule has 1 aromatic rings. The Morgan fingerprint density at radius 1 is 1.46 bits per heavy atom. The summed E-state index contributed by atoms with van der Waals surface area (Å²) in [5.74, 6) is -0.477. The van der Waals surface area contributed by atoms with Crippen LogP contribution in [-0.2, 0) is 25.7 Å². The van der Waals surface area contributed by atoms with Gasteiger partial charge in [-0.25, -0.2) is 8.60 Å². The standard InChI is InChI=1S/C7H7FO2S2.Na.H/c8-7-3-1-6(2-4-7)5-12(9,10)11;;/h1-4H,5H2,(H,9,10,11);;/q;+1;-1. The zero-order chi connectivity index (χ0) is 9.19. The topological polar surface area (TPSA) is 37.3 Å². The van der Waals surface area contributed by atoms with Gasteiger partial charge in [0.05, 0.1) is 5.75 Å². The minimum atomic E-state index is -3.18. The molecule has 6 heteroatoms. The van der Waals surface area contributed by atoms with Crippen LogP contribution in [0.25, 0.3) is 0 Å². The average Bonchev–Trinajstić information content (AvgIpc) is 1.91. The first-order valence-electron chi connectivity index (χ1n) is 3.17. The van der Waals surface area contributed by atoms with E-state index in [1.807, 2.05) is 0 Å². The van der Waals surface area contributed by atoms with Crippen molar-refractivity contribution in [2.45, 2.75) is 5.75 Å². The van der Waals surface area contributed by atoms with E-state index in [9.17, 15) is 8.60 Å². The maximum Gasteiger partial charge on any atom is 1.00 e. The van der Waals surface area contributed by atoms with E-state index in [-0.39, 0.29) is 42.6 Å². The van der Waals surface area contributed by atoms with E-state index in [1.165, 1.54) is 24.3 Å². The quantitative estimate of drug-likeness (QED) is 0.639. The van der Waals surface area contributed by atoms with E-state index in [0.29, 0.717) is 5.56 Å². The molecule has 0 spiro atoms. The van der Waals surface area contributed by atoms with Gasteiger partial charge in [0, 0.05) is 11.2 Å². The maximum atomic E-state index is 12.4. The molecule has 0 aliphatic carbocycles. The molecule has 0 amide bonds. The minimum absolute atomic E-state index is 0. The first-order valence-corrected chi connectivity index (χ1v) is 5.78. The van der Waals surface area contributed by atoms with Crippen molar-refractivity contribution in [3.8, 4) is 0 Å². The SMILES string of the molecule is O=S(O)(=S)Cc1ccc(F)cc1.[H-].[Na+]. The third-order valence-corrected chi connectivity index (χ3v) is 2.31. The molecule has 0 radical (unpaired) electrons. The molecule has 2 nitrogen and oxygen atoms in total. The van der Waals surface area contributed by atoms with Crippen LogP contribution in [0.2, 0.25) is 0 Å². The van der Waals surface area contributed by atoms with Crippen LogP contribution < -0.4 is 29.6 Å². The van der Waals surface area contributed by atoms with Gasteiger partial charge in [-0.3, -0.25) is 0 Å². The van der Waals surface area contributed by atoms with Gasteiger partial charge in [0.1, 0.15) is 14.6 Å². The Kier molecular flexibility index (Phi) is 5.58. The zero-order valence-electron chi connectivity index (χ0n) is 8.07. The second-order valence-corrected chi connectivity index (χ2v) is 5.37. The molecule has 0 bridgehead atoms. The van der Waals surface area contributed by atoms with E-state index in [0.717, 1.165) is 0 Å². The second kappa shape index (κ2) is 5.38. The van der Waals surface area contributed by atoms with Gasteiger partial charge in [-0.15, -0.1) is 0 Å². The van der Waals surface area contributed by atoms with E-state index in [2.05, 4.69) is 11.2 Å². The van der Waals surface area contributed by atoms with Crippen LogP contribution in [0.3, 0.4) is 0 Å². The summed E-state index contributed by atoms with van der Waals surface area (Å²) in [6.45, 7) is 0. The molecule has 68 valence electrons. The van der Waals surface area contributed by atoms with Crippen molar-refractivity contribution in [3.63, 3.8) is 0 Å². The van der Waals surface area contributed by atoms with Gasteiger partial charge in [0.15, 0.2) is 0 Å². The average molecular weight is 230 g/mol. The fourth-order valence-electron chi connectivity index (χ4n) is 0.791. The molecular weight excluding hydrogens is 222 g/mol. The van der Waals surface area contributed by atoms with Crippen LogP contribution in [0.4, 0.5) is 4.39 Å². The van der Waals surface area contributed by atoms with Crippen LogP contribution >= 0.6 is 0 Å². The van der Waals surface area contributed by atoms with Gasteiger partial charge >= 0.3 is 29.6 Å². The summed E-state index contributed by atoms with van der Waals surface area (Å²) in [4.78, 5) is 0. The fourth-order valence-corrected chi connectivity index (χ4v) is 1.81. The summed E-state index contributed by atoms with van der Waals surface area (Å²) in [6, 6.07) is 5.35.